The molecule has 0 spiro atoms. The zero-order chi connectivity index (χ0) is 24.7. The zero-order valence-electron chi connectivity index (χ0n) is 22.8. The summed E-state index contributed by atoms with van der Waals surface area (Å²) in [5.74, 6) is -0.659. The van der Waals surface area contributed by atoms with E-state index in [1.54, 1.807) is 0 Å². The molecule has 0 bridgehead atoms. The van der Waals surface area contributed by atoms with Crippen LogP contribution in [-0.4, -0.2) is 17.6 Å². The Hall–Kier alpha value is -0.830. The number of carbonyl (C=O) groups is 1. The van der Waals surface area contributed by atoms with Gasteiger partial charge in [-0.15, -0.1) is 0 Å². The molecule has 3 N–H and O–H groups in total. The van der Waals surface area contributed by atoms with Crippen LogP contribution in [0.4, 0.5) is 0 Å². The van der Waals surface area contributed by atoms with Crippen molar-refractivity contribution in [3.8, 4) is 0 Å². The van der Waals surface area contributed by atoms with Crippen molar-refractivity contribution in [2.45, 2.75) is 168 Å². The van der Waals surface area contributed by atoms with Gasteiger partial charge in [0.2, 0.25) is 0 Å². The smallest absolute Gasteiger partial charge is 0.303 e. The summed E-state index contributed by atoms with van der Waals surface area (Å²) < 4.78 is 0. The molecule has 3 heteroatoms. The van der Waals surface area contributed by atoms with Gasteiger partial charge in [-0.2, -0.15) is 0 Å². The van der Waals surface area contributed by atoms with Gasteiger partial charge < -0.3 is 10.8 Å². The molecule has 33 heavy (non-hydrogen) atoms. The lowest BCUT2D eigenvalue weighted by atomic mass is 10.1. The second-order valence-electron chi connectivity index (χ2n) is 9.70. The number of carboxylic acid groups (broad SMARTS) is 1. The van der Waals surface area contributed by atoms with Crippen LogP contribution in [0.15, 0.2) is 12.2 Å². The maximum absolute atomic E-state index is 10.2. The average molecular weight is 468 g/mol. The average Bonchev–Trinajstić information content (AvgIpc) is 2.81. The van der Waals surface area contributed by atoms with E-state index < -0.39 is 5.97 Å². The number of nitrogens with two attached hydrogens (primary N) is 1. The van der Waals surface area contributed by atoms with Gasteiger partial charge >= 0.3 is 5.97 Å². The van der Waals surface area contributed by atoms with Crippen LogP contribution < -0.4 is 5.73 Å². The molecule has 0 unspecified atom stereocenters. The lowest BCUT2D eigenvalue weighted by Gasteiger charge is -2.00. The summed E-state index contributed by atoms with van der Waals surface area (Å²) in [4.78, 5) is 10.2. The Morgan fingerprint density at radius 3 is 1.24 bits per heavy atom. The van der Waals surface area contributed by atoms with Crippen molar-refractivity contribution >= 4 is 5.97 Å². The highest BCUT2D eigenvalue weighted by Crippen LogP contribution is 2.11. The lowest BCUT2D eigenvalue weighted by molar-refractivity contribution is -0.137. The van der Waals surface area contributed by atoms with Crippen molar-refractivity contribution in [2.24, 2.45) is 5.73 Å². The molecule has 0 heterocycles. The maximum Gasteiger partial charge on any atom is 0.303 e. The summed E-state index contributed by atoms with van der Waals surface area (Å²) in [6.07, 6.45) is 35.4. The SMILES string of the molecule is CCCCCCCC/C=C\CCCCCCCCN.CCCCCCCCCCCC(=O)O. The molecule has 0 rings (SSSR count). The third kappa shape index (κ3) is 38.7. The van der Waals surface area contributed by atoms with Crippen molar-refractivity contribution in [2.75, 3.05) is 6.54 Å². The highest BCUT2D eigenvalue weighted by atomic mass is 16.4. The van der Waals surface area contributed by atoms with Gasteiger partial charge in [0.05, 0.1) is 0 Å². The topological polar surface area (TPSA) is 63.3 Å². The number of hydrogen-bond donors (Lipinski definition) is 2. The minimum atomic E-state index is -0.659. The summed E-state index contributed by atoms with van der Waals surface area (Å²) in [6.45, 7) is 5.37. The second kappa shape index (κ2) is 33.3. The Kier molecular flexibility index (Phi) is 34.7. The van der Waals surface area contributed by atoms with Crippen molar-refractivity contribution in [1.82, 2.24) is 0 Å². The molecular weight excluding hydrogens is 406 g/mol. The number of rotatable bonds is 25. The normalized spacial score (nSPS) is 11.0. The minimum absolute atomic E-state index is 0.343. The van der Waals surface area contributed by atoms with E-state index in [0.29, 0.717) is 6.42 Å². The van der Waals surface area contributed by atoms with Crippen LogP contribution >= 0.6 is 0 Å². The predicted octanol–water partition coefficient (Wildman–Crippen LogP) is 9.97. The lowest BCUT2D eigenvalue weighted by Crippen LogP contribution is -1.97. The Morgan fingerprint density at radius 2 is 0.879 bits per heavy atom. The quantitative estimate of drug-likeness (QED) is 0.104. The van der Waals surface area contributed by atoms with Gasteiger partial charge in [0.1, 0.15) is 0 Å². The van der Waals surface area contributed by atoms with Crippen LogP contribution in [-0.2, 0) is 4.79 Å². The predicted molar refractivity (Wildman–Crippen MR) is 148 cm³/mol. The largest absolute Gasteiger partial charge is 0.481 e. The third-order valence-corrected chi connectivity index (χ3v) is 6.21. The fourth-order valence-electron chi connectivity index (χ4n) is 3.98. The van der Waals surface area contributed by atoms with Crippen molar-refractivity contribution < 1.29 is 9.90 Å². The highest BCUT2D eigenvalue weighted by molar-refractivity contribution is 5.66. The monoisotopic (exact) mass is 467 g/mol. The van der Waals surface area contributed by atoms with Gasteiger partial charge in [-0.05, 0) is 45.1 Å². The molecule has 0 amide bonds. The molecule has 0 atom stereocenters. The fourth-order valence-corrected chi connectivity index (χ4v) is 3.98. The van der Waals surface area contributed by atoms with Crippen LogP contribution in [0.5, 0.6) is 0 Å². The summed E-state index contributed by atoms with van der Waals surface area (Å²) in [5.41, 5.74) is 5.47. The van der Waals surface area contributed by atoms with Gasteiger partial charge in [0.25, 0.3) is 0 Å². The summed E-state index contributed by atoms with van der Waals surface area (Å²) in [5, 5.41) is 8.41. The highest BCUT2D eigenvalue weighted by Gasteiger charge is 1.96. The van der Waals surface area contributed by atoms with Gasteiger partial charge in [-0.3, -0.25) is 4.79 Å². The Morgan fingerprint density at radius 1 is 0.545 bits per heavy atom. The van der Waals surface area contributed by atoms with Crippen LogP contribution in [0, 0.1) is 0 Å². The van der Waals surface area contributed by atoms with Crippen LogP contribution in [0.25, 0.3) is 0 Å². The molecular formula is C30H61NO2. The van der Waals surface area contributed by atoms with E-state index in [1.165, 1.54) is 135 Å². The first kappa shape index (κ1) is 34.3. The fraction of sp³-hybridized carbons (Fsp3) is 0.900. The van der Waals surface area contributed by atoms with Crippen LogP contribution in [0.2, 0.25) is 0 Å². The number of unbranched alkanes of at least 4 members (excludes halogenated alkanes) is 20. The second-order valence-corrected chi connectivity index (χ2v) is 9.70. The van der Waals surface area contributed by atoms with Crippen molar-refractivity contribution in [3.05, 3.63) is 12.2 Å². The third-order valence-electron chi connectivity index (χ3n) is 6.21. The number of allylic oxidation sites excluding steroid dienone is 2. The minimum Gasteiger partial charge on any atom is -0.481 e. The van der Waals surface area contributed by atoms with E-state index in [2.05, 4.69) is 26.0 Å². The van der Waals surface area contributed by atoms with Crippen molar-refractivity contribution in [1.29, 1.82) is 0 Å². The zero-order valence-corrected chi connectivity index (χ0v) is 22.8. The molecule has 0 aliphatic rings. The molecule has 198 valence electrons. The number of aliphatic carboxylic acids is 1. The number of hydrogen-bond acceptors (Lipinski definition) is 2. The van der Waals surface area contributed by atoms with E-state index in [1.807, 2.05) is 0 Å². The molecule has 0 saturated carbocycles. The summed E-state index contributed by atoms with van der Waals surface area (Å²) in [7, 11) is 0. The van der Waals surface area contributed by atoms with Gasteiger partial charge in [-0.25, -0.2) is 0 Å². The Labute approximate surface area is 208 Å². The molecule has 0 aliphatic carbocycles. The standard InChI is InChI=1S/C18H37N.C12H24O2/c1-2-3-4-5-6-7-8-9-10-11-12-13-14-15-16-17-18-19;1-2-3-4-5-6-7-8-9-10-11-12(13)14/h9-10H,2-8,11-19H2,1H3;2-11H2,1H3,(H,13,14)/b10-9-;. The molecule has 0 aromatic carbocycles. The van der Waals surface area contributed by atoms with E-state index in [0.717, 1.165) is 19.4 Å². The van der Waals surface area contributed by atoms with Gasteiger partial charge in [0.15, 0.2) is 0 Å². The first-order valence-electron chi connectivity index (χ1n) is 14.8. The summed E-state index contributed by atoms with van der Waals surface area (Å²) >= 11 is 0. The molecule has 0 aliphatic heterocycles. The Balaban J connectivity index is 0. The first-order chi connectivity index (χ1) is 16.2. The van der Waals surface area contributed by atoms with Crippen LogP contribution in [0.3, 0.4) is 0 Å². The van der Waals surface area contributed by atoms with E-state index in [-0.39, 0.29) is 0 Å². The molecule has 0 aromatic rings. The molecule has 0 aromatic heterocycles. The number of carboxylic acids is 1. The van der Waals surface area contributed by atoms with E-state index in [4.69, 9.17) is 10.8 Å². The maximum atomic E-state index is 10.2. The first-order valence-corrected chi connectivity index (χ1v) is 14.8. The van der Waals surface area contributed by atoms with E-state index >= 15 is 0 Å². The molecule has 0 saturated heterocycles. The van der Waals surface area contributed by atoms with E-state index in [9.17, 15) is 4.79 Å². The van der Waals surface area contributed by atoms with Gasteiger partial charge in [0, 0.05) is 6.42 Å². The Bertz CT molecular complexity index is 381. The molecule has 0 radical (unpaired) electrons. The molecule has 0 fully saturated rings. The molecule has 3 nitrogen and oxygen atoms in total. The summed E-state index contributed by atoms with van der Waals surface area (Å²) in [6, 6.07) is 0. The van der Waals surface area contributed by atoms with Crippen LogP contribution in [0.1, 0.15) is 168 Å². The van der Waals surface area contributed by atoms with Gasteiger partial charge in [-0.1, -0.05) is 135 Å². The van der Waals surface area contributed by atoms with Crippen molar-refractivity contribution in [3.63, 3.8) is 0 Å².